The van der Waals surface area contributed by atoms with Gasteiger partial charge in [0.2, 0.25) is 0 Å². The molecule has 1 saturated carbocycles. The highest BCUT2D eigenvalue weighted by Crippen LogP contribution is 2.32. The Labute approximate surface area is 168 Å². The predicted molar refractivity (Wildman–Crippen MR) is 115 cm³/mol. The summed E-state index contributed by atoms with van der Waals surface area (Å²) in [5.74, 6) is 1.10. The first-order chi connectivity index (χ1) is 13.6. The molecule has 1 N–H and O–H groups in total. The number of rotatable bonds is 6. The highest BCUT2D eigenvalue weighted by atomic mass is 16.7. The lowest BCUT2D eigenvalue weighted by Crippen LogP contribution is -2.13. The Hall–Kier alpha value is -2.62. The molecule has 1 amide bonds. The van der Waals surface area contributed by atoms with Crippen molar-refractivity contribution >= 4 is 17.5 Å². The summed E-state index contributed by atoms with van der Waals surface area (Å²) in [6.45, 7) is 4.27. The van der Waals surface area contributed by atoms with Crippen LogP contribution in [0.5, 0.6) is 0 Å². The summed E-state index contributed by atoms with van der Waals surface area (Å²) in [4.78, 5) is 17.2. The minimum Gasteiger partial charge on any atom is -0.297 e. The number of para-hydroxylation sites is 1. The lowest BCUT2D eigenvalue weighted by Gasteiger charge is -2.22. The lowest BCUT2D eigenvalue weighted by atomic mass is 9.83. The van der Waals surface area contributed by atoms with E-state index >= 15 is 0 Å². The molecule has 28 heavy (non-hydrogen) atoms. The second-order valence-electron chi connectivity index (χ2n) is 7.96. The summed E-state index contributed by atoms with van der Waals surface area (Å²) in [7, 11) is 0. The first-order valence-electron chi connectivity index (χ1n) is 10.3. The van der Waals surface area contributed by atoms with E-state index in [-0.39, 0.29) is 0 Å². The Morgan fingerprint density at radius 2 is 1.71 bits per heavy atom. The van der Waals surface area contributed by atoms with Gasteiger partial charge < -0.3 is 0 Å². The Morgan fingerprint density at radius 3 is 2.36 bits per heavy atom. The minimum absolute atomic E-state index is 0.414. The third kappa shape index (κ3) is 5.95. The maximum Gasteiger partial charge on any atom is 0.437 e. The van der Waals surface area contributed by atoms with Gasteiger partial charge in [0.25, 0.3) is 0 Å². The van der Waals surface area contributed by atoms with Gasteiger partial charge in [-0.05, 0) is 54.4 Å². The molecule has 2 aromatic rings. The van der Waals surface area contributed by atoms with E-state index in [4.69, 9.17) is 4.84 Å². The molecule has 0 aromatic heterocycles. The van der Waals surface area contributed by atoms with E-state index in [1.54, 1.807) is 0 Å². The highest BCUT2D eigenvalue weighted by molar-refractivity contribution is 6.00. The van der Waals surface area contributed by atoms with E-state index in [2.05, 4.69) is 48.6 Å². The number of hydrogen-bond acceptors (Lipinski definition) is 3. The average molecular weight is 379 g/mol. The van der Waals surface area contributed by atoms with Crippen LogP contribution < -0.4 is 5.32 Å². The van der Waals surface area contributed by atoms with Gasteiger partial charge >= 0.3 is 6.09 Å². The highest BCUT2D eigenvalue weighted by Gasteiger charge is 2.16. The van der Waals surface area contributed by atoms with Crippen LogP contribution in [0, 0.1) is 5.92 Å². The zero-order valence-corrected chi connectivity index (χ0v) is 16.9. The van der Waals surface area contributed by atoms with Gasteiger partial charge in [0.1, 0.15) is 0 Å². The fourth-order valence-corrected chi connectivity index (χ4v) is 3.74. The molecule has 0 saturated heterocycles. The van der Waals surface area contributed by atoms with Gasteiger partial charge in [-0.3, -0.25) is 10.2 Å². The van der Waals surface area contributed by atoms with Gasteiger partial charge in [0.15, 0.2) is 0 Å². The maximum atomic E-state index is 12.1. The van der Waals surface area contributed by atoms with Crippen molar-refractivity contribution in [2.75, 3.05) is 5.32 Å². The van der Waals surface area contributed by atoms with Crippen molar-refractivity contribution in [3.63, 3.8) is 0 Å². The molecule has 1 aliphatic rings. The second kappa shape index (κ2) is 10.1. The van der Waals surface area contributed by atoms with Crippen LogP contribution in [0.4, 0.5) is 10.5 Å². The molecule has 0 aliphatic heterocycles. The maximum absolute atomic E-state index is 12.1. The third-order valence-electron chi connectivity index (χ3n) is 5.18. The summed E-state index contributed by atoms with van der Waals surface area (Å²) in [6, 6.07) is 17.9. The SMILES string of the molecule is CC(C)C/C(=N\OC(=O)Nc1ccccc1)c1ccc(C2CCCCC2)cc1. The van der Waals surface area contributed by atoms with Crippen molar-refractivity contribution in [3.8, 4) is 0 Å². The molecule has 0 unspecified atom stereocenters. The molecule has 4 nitrogen and oxygen atoms in total. The van der Waals surface area contributed by atoms with Gasteiger partial charge in [0.05, 0.1) is 5.71 Å². The molecule has 1 fully saturated rings. The zero-order chi connectivity index (χ0) is 19.8. The fourth-order valence-electron chi connectivity index (χ4n) is 3.74. The number of nitrogens with zero attached hydrogens (tertiary/aromatic N) is 1. The quantitative estimate of drug-likeness (QED) is 0.344. The number of anilines is 1. The molecule has 148 valence electrons. The Balaban J connectivity index is 1.68. The number of oxime groups is 1. The Kier molecular flexibility index (Phi) is 7.24. The number of carbonyl (C=O) groups is 1. The summed E-state index contributed by atoms with van der Waals surface area (Å²) in [5, 5.41) is 6.86. The van der Waals surface area contributed by atoms with Crippen LogP contribution in [0.2, 0.25) is 0 Å². The lowest BCUT2D eigenvalue weighted by molar-refractivity contribution is 0.166. The van der Waals surface area contributed by atoms with Gasteiger partial charge in [-0.1, -0.05) is 80.7 Å². The van der Waals surface area contributed by atoms with Crippen LogP contribution in [-0.2, 0) is 4.84 Å². The molecular weight excluding hydrogens is 348 g/mol. The van der Waals surface area contributed by atoms with Crippen LogP contribution in [-0.4, -0.2) is 11.8 Å². The second-order valence-corrected chi connectivity index (χ2v) is 7.96. The Morgan fingerprint density at radius 1 is 1.04 bits per heavy atom. The van der Waals surface area contributed by atoms with Crippen LogP contribution in [0.25, 0.3) is 0 Å². The Bertz CT molecular complexity index is 776. The van der Waals surface area contributed by atoms with E-state index in [1.165, 1.54) is 37.7 Å². The van der Waals surface area contributed by atoms with E-state index in [0.717, 1.165) is 17.7 Å². The van der Waals surface area contributed by atoms with Crippen LogP contribution in [0.15, 0.2) is 59.8 Å². The smallest absolute Gasteiger partial charge is 0.297 e. The predicted octanol–water partition coefficient (Wildman–Crippen LogP) is 6.73. The monoisotopic (exact) mass is 378 g/mol. The molecule has 0 bridgehead atoms. The van der Waals surface area contributed by atoms with Crippen molar-refractivity contribution < 1.29 is 9.63 Å². The van der Waals surface area contributed by atoms with Gasteiger partial charge in [-0.2, -0.15) is 0 Å². The van der Waals surface area contributed by atoms with Crippen molar-refractivity contribution in [2.45, 2.75) is 58.3 Å². The zero-order valence-electron chi connectivity index (χ0n) is 16.9. The van der Waals surface area contributed by atoms with E-state index in [1.807, 2.05) is 30.3 Å². The topological polar surface area (TPSA) is 50.7 Å². The van der Waals surface area contributed by atoms with Crippen LogP contribution in [0.1, 0.15) is 69.4 Å². The molecule has 4 heteroatoms. The summed E-state index contributed by atoms with van der Waals surface area (Å²) >= 11 is 0. The van der Waals surface area contributed by atoms with Crippen molar-refractivity contribution in [2.24, 2.45) is 11.1 Å². The summed E-state index contributed by atoms with van der Waals surface area (Å²) in [5.41, 5.74) is 3.91. The van der Waals surface area contributed by atoms with E-state index in [9.17, 15) is 4.79 Å². The van der Waals surface area contributed by atoms with Crippen molar-refractivity contribution in [1.82, 2.24) is 0 Å². The molecule has 3 rings (SSSR count). The number of carbonyl (C=O) groups excluding carboxylic acids is 1. The van der Waals surface area contributed by atoms with Crippen LogP contribution in [0.3, 0.4) is 0 Å². The average Bonchev–Trinajstić information content (AvgIpc) is 2.72. The van der Waals surface area contributed by atoms with Crippen LogP contribution >= 0.6 is 0 Å². The van der Waals surface area contributed by atoms with E-state index < -0.39 is 6.09 Å². The normalized spacial score (nSPS) is 15.5. The largest absolute Gasteiger partial charge is 0.437 e. The first-order valence-corrected chi connectivity index (χ1v) is 10.3. The third-order valence-corrected chi connectivity index (χ3v) is 5.18. The number of benzene rings is 2. The number of nitrogens with one attached hydrogen (secondary N) is 1. The standard InChI is InChI=1S/C24H30N2O2/c1-18(2)17-23(26-28-24(27)25-22-11-7-4-8-12-22)21-15-13-20(14-16-21)19-9-5-3-6-10-19/h4,7-8,11-16,18-19H,3,5-6,9-10,17H2,1-2H3,(H,25,27)/b26-23+. The molecule has 1 aliphatic carbocycles. The number of hydrogen-bond donors (Lipinski definition) is 1. The molecular formula is C24H30N2O2. The van der Waals surface area contributed by atoms with Gasteiger partial charge in [0, 0.05) is 5.69 Å². The molecule has 0 radical (unpaired) electrons. The summed E-state index contributed by atoms with van der Waals surface area (Å²) in [6.07, 6.45) is 6.77. The fraction of sp³-hybridized carbons (Fsp3) is 0.417. The number of amides is 1. The molecule has 0 atom stereocenters. The summed E-state index contributed by atoms with van der Waals surface area (Å²) < 4.78 is 0. The molecule has 2 aromatic carbocycles. The van der Waals surface area contributed by atoms with Gasteiger partial charge in [-0.25, -0.2) is 4.79 Å². The molecule has 0 spiro atoms. The van der Waals surface area contributed by atoms with Gasteiger partial charge in [-0.15, -0.1) is 0 Å². The minimum atomic E-state index is -0.578. The first kappa shape index (κ1) is 20.1. The molecule has 0 heterocycles. The van der Waals surface area contributed by atoms with E-state index in [0.29, 0.717) is 17.5 Å². The van der Waals surface area contributed by atoms with Crippen molar-refractivity contribution in [1.29, 1.82) is 0 Å². The van der Waals surface area contributed by atoms with Crippen molar-refractivity contribution in [3.05, 3.63) is 65.7 Å².